The van der Waals surface area contributed by atoms with E-state index in [1.165, 1.54) is 25.8 Å². The lowest BCUT2D eigenvalue weighted by Crippen LogP contribution is -2.38. The Morgan fingerprint density at radius 2 is 1.67 bits per heavy atom. The molecule has 0 aliphatic heterocycles. The number of rotatable bonds is 6. The van der Waals surface area contributed by atoms with Gasteiger partial charge in [-0.15, -0.1) is 0 Å². The highest BCUT2D eigenvalue weighted by molar-refractivity contribution is 4.74. The smallest absolute Gasteiger partial charge is 0.0105 e. The predicted molar refractivity (Wildman–Crippen MR) is 51.9 cm³/mol. The summed E-state index contributed by atoms with van der Waals surface area (Å²) in [7, 11) is 0. The van der Waals surface area contributed by atoms with Crippen molar-refractivity contribution in [3.8, 4) is 0 Å². The van der Waals surface area contributed by atoms with Crippen LogP contribution < -0.4 is 11.5 Å². The Bertz CT molecular complexity index is 106. The SMILES string of the molecule is NCCN(CCN)CC1CCC1. The molecule has 0 atom stereocenters. The summed E-state index contributed by atoms with van der Waals surface area (Å²) in [6.45, 7) is 4.75. The molecule has 1 aliphatic carbocycles. The largest absolute Gasteiger partial charge is 0.329 e. The molecular formula is C9H21N3. The van der Waals surface area contributed by atoms with Gasteiger partial charge < -0.3 is 16.4 Å². The summed E-state index contributed by atoms with van der Waals surface area (Å²) in [5.74, 6) is 0.933. The van der Waals surface area contributed by atoms with E-state index in [1.54, 1.807) is 0 Å². The standard InChI is InChI=1S/C9H21N3/c10-4-6-12(7-5-11)8-9-2-1-3-9/h9H,1-8,10-11H2. The second-order valence-electron chi connectivity index (χ2n) is 3.67. The summed E-state index contributed by atoms with van der Waals surface area (Å²) in [4.78, 5) is 2.39. The first-order valence-electron chi connectivity index (χ1n) is 4.99. The van der Waals surface area contributed by atoms with Crippen LogP contribution in [0.15, 0.2) is 0 Å². The van der Waals surface area contributed by atoms with Gasteiger partial charge in [-0.25, -0.2) is 0 Å². The van der Waals surface area contributed by atoms with Crippen molar-refractivity contribution in [3.63, 3.8) is 0 Å². The quantitative estimate of drug-likeness (QED) is 0.592. The minimum Gasteiger partial charge on any atom is -0.329 e. The minimum absolute atomic E-state index is 0.757. The molecule has 0 amide bonds. The van der Waals surface area contributed by atoms with Gasteiger partial charge in [-0.1, -0.05) is 6.42 Å². The number of hydrogen-bond donors (Lipinski definition) is 2. The normalized spacial score (nSPS) is 18.2. The lowest BCUT2D eigenvalue weighted by Gasteiger charge is -2.31. The Morgan fingerprint density at radius 1 is 1.08 bits per heavy atom. The van der Waals surface area contributed by atoms with E-state index in [2.05, 4.69) is 4.90 Å². The van der Waals surface area contributed by atoms with Gasteiger partial charge in [0.25, 0.3) is 0 Å². The topological polar surface area (TPSA) is 55.3 Å². The van der Waals surface area contributed by atoms with E-state index in [0.717, 1.165) is 32.1 Å². The van der Waals surface area contributed by atoms with Crippen LogP contribution in [0.3, 0.4) is 0 Å². The highest BCUT2D eigenvalue weighted by atomic mass is 15.1. The van der Waals surface area contributed by atoms with Gasteiger partial charge in [0.05, 0.1) is 0 Å². The highest BCUT2D eigenvalue weighted by Crippen LogP contribution is 2.26. The molecule has 0 radical (unpaired) electrons. The van der Waals surface area contributed by atoms with E-state index < -0.39 is 0 Å². The Labute approximate surface area is 75.1 Å². The van der Waals surface area contributed by atoms with E-state index in [9.17, 15) is 0 Å². The first-order valence-corrected chi connectivity index (χ1v) is 4.99. The van der Waals surface area contributed by atoms with Crippen molar-refractivity contribution in [2.45, 2.75) is 19.3 Å². The van der Waals surface area contributed by atoms with Crippen molar-refractivity contribution in [2.24, 2.45) is 17.4 Å². The second kappa shape index (κ2) is 5.51. The fraction of sp³-hybridized carbons (Fsp3) is 1.00. The Kier molecular flexibility index (Phi) is 4.58. The average molecular weight is 171 g/mol. The van der Waals surface area contributed by atoms with Gasteiger partial charge in [0.1, 0.15) is 0 Å². The molecule has 1 saturated carbocycles. The zero-order valence-corrected chi connectivity index (χ0v) is 7.84. The maximum absolute atomic E-state index is 5.51. The van der Waals surface area contributed by atoms with Gasteiger partial charge in [-0.05, 0) is 18.8 Å². The minimum atomic E-state index is 0.757. The van der Waals surface area contributed by atoms with Gasteiger partial charge in [0.15, 0.2) is 0 Å². The van der Waals surface area contributed by atoms with Crippen LogP contribution >= 0.6 is 0 Å². The first kappa shape index (κ1) is 9.96. The molecule has 1 fully saturated rings. The zero-order valence-electron chi connectivity index (χ0n) is 7.84. The van der Waals surface area contributed by atoms with Crippen molar-refractivity contribution in [3.05, 3.63) is 0 Å². The monoisotopic (exact) mass is 171 g/mol. The Morgan fingerprint density at radius 3 is 2.00 bits per heavy atom. The summed E-state index contributed by atoms with van der Waals surface area (Å²) in [5, 5.41) is 0. The summed E-state index contributed by atoms with van der Waals surface area (Å²) in [6.07, 6.45) is 4.24. The Hall–Kier alpha value is -0.120. The van der Waals surface area contributed by atoms with Crippen LogP contribution in [0.4, 0.5) is 0 Å². The highest BCUT2D eigenvalue weighted by Gasteiger charge is 2.19. The second-order valence-corrected chi connectivity index (χ2v) is 3.67. The van der Waals surface area contributed by atoms with Crippen LogP contribution in [-0.2, 0) is 0 Å². The van der Waals surface area contributed by atoms with Crippen LogP contribution in [0.1, 0.15) is 19.3 Å². The molecular weight excluding hydrogens is 150 g/mol. The number of hydrogen-bond acceptors (Lipinski definition) is 3. The van der Waals surface area contributed by atoms with Crippen LogP contribution in [0.2, 0.25) is 0 Å². The summed E-state index contributed by atoms with van der Waals surface area (Å²) < 4.78 is 0. The van der Waals surface area contributed by atoms with Crippen LogP contribution in [-0.4, -0.2) is 37.6 Å². The molecule has 0 saturated heterocycles. The molecule has 12 heavy (non-hydrogen) atoms. The number of nitrogens with zero attached hydrogens (tertiary/aromatic N) is 1. The zero-order chi connectivity index (χ0) is 8.81. The van der Waals surface area contributed by atoms with Gasteiger partial charge in [0, 0.05) is 32.7 Å². The first-order chi connectivity index (χ1) is 5.86. The summed E-state index contributed by atoms with van der Waals surface area (Å²) >= 11 is 0. The maximum atomic E-state index is 5.51. The molecule has 0 bridgehead atoms. The van der Waals surface area contributed by atoms with Crippen molar-refractivity contribution in [1.82, 2.24) is 4.90 Å². The van der Waals surface area contributed by atoms with Crippen LogP contribution in [0.5, 0.6) is 0 Å². The van der Waals surface area contributed by atoms with Gasteiger partial charge >= 0.3 is 0 Å². The van der Waals surface area contributed by atoms with Crippen LogP contribution in [0.25, 0.3) is 0 Å². The van der Waals surface area contributed by atoms with E-state index in [0.29, 0.717) is 0 Å². The van der Waals surface area contributed by atoms with Crippen molar-refractivity contribution < 1.29 is 0 Å². The molecule has 1 rings (SSSR count). The maximum Gasteiger partial charge on any atom is 0.0105 e. The fourth-order valence-corrected chi connectivity index (χ4v) is 1.70. The van der Waals surface area contributed by atoms with Crippen LogP contribution in [0, 0.1) is 5.92 Å². The van der Waals surface area contributed by atoms with Gasteiger partial charge in [-0.2, -0.15) is 0 Å². The molecule has 0 aromatic rings. The third-order valence-corrected chi connectivity index (χ3v) is 2.63. The van der Waals surface area contributed by atoms with E-state index in [1.807, 2.05) is 0 Å². The van der Waals surface area contributed by atoms with Gasteiger partial charge in [0.2, 0.25) is 0 Å². The third kappa shape index (κ3) is 3.09. The molecule has 1 aliphatic rings. The Balaban J connectivity index is 2.11. The third-order valence-electron chi connectivity index (χ3n) is 2.63. The van der Waals surface area contributed by atoms with Crippen molar-refractivity contribution in [2.75, 3.05) is 32.7 Å². The molecule has 3 nitrogen and oxygen atoms in total. The molecule has 3 heteroatoms. The fourth-order valence-electron chi connectivity index (χ4n) is 1.70. The number of nitrogens with two attached hydrogens (primary N) is 2. The predicted octanol–water partition coefficient (Wildman–Crippen LogP) is 0.00590. The summed E-state index contributed by atoms with van der Waals surface area (Å²) in [5.41, 5.74) is 11.0. The molecule has 0 heterocycles. The van der Waals surface area contributed by atoms with E-state index in [4.69, 9.17) is 11.5 Å². The molecule has 72 valence electrons. The van der Waals surface area contributed by atoms with E-state index >= 15 is 0 Å². The average Bonchev–Trinajstić information content (AvgIpc) is 1.97. The lowest BCUT2D eigenvalue weighted by atomic mass is 9.85. The molecule has 4 N–H and O–H groups in total. The molecule has 0 unspecified atom stereocenters. The van der Waals surface area contributed by atoms with Crippen molar-refractivity contribution >= 4 is 0 Å². The lowest BCUT2D eigenvalue weighted by molar-refractivity contribution is 0.184. The molecule has 0 aromatic carbocycles. The summed E-state index contributed by atoms with van der Waals surface area (Å²) in [6, 6.07) is 0. The van der Waals surface area contributed by atoms with Crippen molar-refractivity contribution in [1.29, 1.82) is 0 Å². The van der Waals surface area contributed by atoms with E-state index in [-0.39, 0.29) is 0 Å². The molecule has 0 aromatic heterocycles. The molecule has 0 spiro atoms. The van der Waals surface area contributed by atoms with Gasteiger partial charge in [-0.3, -0.25) is 0 Å².